The standard InChI is InChI=1S/C12H23N3/c1-5-14-8-9-15-10-11(2)6-7-12(3)13-4/h6-7,14-15H,4-5,8-10H2,1-3H3/b11-6+,12-7-. The molecule has 0 saturated carbocycles. The molecule has 0 amide bonds. The van der Waals surface area contributed by atoms with Gasteiger partial charge in [0, 0.05) is 25.3 Å². The summed E-state index contributed by atoms with van der Waals surface area (Å²) in [6.07, 6.45) is 4.05. The fraction of sp³-hybridized carbons (Fsp3) is 0.583. The zero-order valence-electron chi connectivity index (χ0n) is 10.1. The van der Waals surface area contributed by atoms with Crippen molar-refractivity contribution >= 4 is 6.72 Å². The monoisotopic (exact) mass is 209 g/mol. The molecule has 2 N–H and O–H groups in total. The summed E-state index contributed by atoms with van der Waals surface area (Å²) >= 11 is 0. The predicted octanol–water partition coefficient (Wildman–Crippen LogP) is 1.74. The molecule has 0 radical (unpaired) electrons. The maximum atomic E-state index is 3.82. The Kier molecular flexibility index (Phi) is 9.02. The molecule has 0 bridgehead atoms. The van der Waals surface area contributed by atoms with Crippen LogP contribution in [0.1, 0.15) is 20.8 Å². The molecule has 0 heterocycles. The summed E-state index contributed by atoms with van der Waals surface area (Å²) < 4.78 is 0. The van der Waals surface area contributed by atoms with Gasteiger partial charge in [-0.1, -0.05) is 18.6 Å². The first-order valence-electron chi connectivity index (χ1n) is 5.43. The van der Waals surface area contributed by atoms with E-state index in [9.17, 15) is 0 Å². The number of rotatable bonds is 8. The van der Waals surface area contributed by atoms with Crippen molar-refractivity contribution in [2.24, 2.45) is 4.99 Å². The SMILES string of the molecule is C=N/C(C)=C\C=C(/C)CNCCNCC. The summed E-state index contributed by atoms with van der Waals surface area (Å²) in [5.74, 6) is 0. The lowest BCUT2D eigenvalue weighted by atomic mass is 10.2. The molecule has 0 saturated heterocycles. The molecular formula is C12H23N3. The van der Waals surface area contributed by atoms with Gasteiger partial charge in [-0.2, -0.15) is 0 Å². The van der Waals surface area contributed by atoms with E-state index < -0.39 is 0 Å². The third-order valence-electron chi connectivity index (χ3n) is 1.99. The minimum Gasteiger partial charge on any atom is -0.316 e. The first kappa shape index (κ1) is 14.1. The van der Waals surface area contributed by atoms with Crippen LogP contribution in [-0.4, -0.2) is 32.9 Å². The lowest BCUT2D eigenvalue weighted by Gasteiger charge is -2.04. The number of aliphatic imine (C=N–C) groups is 1. The van der Waals surface area contributed by atoms with E-state index in [4.69, 9.17) is 0 Å². The van der Waals surface area contributed by atoms with Gasteiger partial charge in [0.2, 0.25) is 0 Å². The van der Waals surface area contributed by atoms with Crippen LogP contribution in [0.5, 0.6) is 0 Å². The van der Waals surface area contributed by atoms with Crippen molar-refractivity contribution in [1.29, 1.82) is 0 Å². The van der Waals surface area contributed by atoms with Crippen LogP contribution < -0.4 is 10.6 Å². The number of nitrogens with one attached hydrogen (secondary N) is 2. The van der Waals surface area contributed by atoms with Gasteiger partial charge in [0.1, 0.15) is 0 Å². The second kappa shape index (κ2) is 9.62. The number of allylic oxidation sites excluding steroid dienone is 3. The zero-order chi connectivity index (χ0) is 11.5. The fourth-order valence-electron chi connectivity index (χ4n) is 1.01. The zero-order valence-corrected chi connectivity index (χ0v) is 10.1. The molecule has 3 heteroatoms. The molecule has 0 aliphatic carbocycles. The number of nitrogens with zero attached hydrogens (tertiary/aromatic N) is 1. The first-order chi connectivity index (χ1) is 7.20. The Morgan fingerprint density at radius 1 is 1.20 bits per heavy atom. The molecule has 0 aliphatic heterocycles. The van der Waals surface area contributed by atoms with Gasteiger partial charge in [0.15, 0.2) is 0 Å². The van der Waals surface area contributed by atoms with E-state index in [1.807, 2.05) is 13.0 Å². The van der Waals surface area contributed by atoms with E-state index in [0.717, 1.165) is 31.9 Å². The topological polar surface area (TPSA) is 36.4 Å². The second-order valence-corrected chi connectivity index (χ2v) is 3.51. The van der Waals surface area contributed by atoms with Crippen molar-refractivity contribution < 1.29 is 0 Å². The number of hydrogen-bond donors (Lipinski definition) is 2. The molecule has 0 aliphatic rings. The summed E-state index contributed by atoms with van der Waals surface area (Å²) in [6, 6.07) is 0. The molecular weight excluding hydrogens is 186 g/mol. The van der Waals surface area contributed by atoms with Crippen LogP contribution in [-0.2, 0) is 0 Å². The van der Waals surface area contributed by atoms with E-state index in [1.165, 1.54) is 5.57 Å². The van der Waals surface area contributed by atoms with E-state index >= 15 is 0 Å². The summed E-state index contributed by atoms with van der Waals surface area (Å²) in [5.41, 5.74) is 2.25. The predicted molar refractivity (Wildman–Crippen MR) is 68.5 cm³/mol. The molecule has 15 heavy (non-hydrogen) atoms. The van der Waals surface area contributed by atoms with Gasteiger partial charge in [-0.15, -0.1) is 0 Å². The first-order valence-corrected chi connectivity index (χ1v) is 5.43. The Hall–Kier alpha value is -0.930. The maximum Gasteiger partial charge on any atom is 0.0365 e. The Labute approximate surface area is 93.4 Å². The van der Waals surface area contributed by atoms with Crippen molar-refractivity contribution in [2.45, 2.75) is 20.8 Å². The fourth-order valence-corrected chi connectivity index (χ4v) is 1.01. The van der Waals surface area contributed by atoms with Crippen molar-refractivity contribution in [3.63, 3.8) is 0 Å². The molecule has 0 rings (SSSR count). The van der Waals surface area contributed by atoms with Crippen LogP contribution in [0.15, 0.2) is 28.4 Å². The smallest absolute Gasteiger partial charge is 0.0365 e. The van der Waals surface area contributed by atoms with Gasteiger partial charge in [0.05, 0.1) is 0 Å². The Bertz CT molecular complexity index is 229. The summed E-state index contributed by atoms with van der Waals surface area (Å²) in [6.45, 7) is 13.6. The van der Waals surface area contributed by atoms with Crippen molar-refractivity contribution in [3.8, 4) is 0 Å². The largest absolute Gasteiger partial charge is 0.316 e. The highest BCUT2D eigenvalue weighted by Gasteiger charge is 1.88. The molecule has 0 fully saturated rings. The lowest BCUT2D eigenvalue weighted by Crippen LogP contribution is -2.28. The minimum atomic E-state index is 0.923. The summed E-state index contributed by atoms with van der Waals surface area (Å²) in [5, 5.41) is 6.62. The average molecular weight is 209 g/mol. The van der Waals surface area contributed by atoms with E-state index in [-0.39, 0.29) is 0 Å². The molecule has 0 aromatic carbocycles. The normalized spacial score (nSPS) is 13.0. The minimum absolute atomic E-state index is 0.923. The third-order valence-corrected chi connectivity index (χ3v) is 1.99. The van der Waals surface area contributed by atoms with Crippen LogP contribution >= 0.6 is 0 Å². The van der Waals surface area contributed by atoms with E-state index in [1.54, 1.807) is 0 Å². The van der Waals surface area contributed by atoms with Crippen LogP contribution in [0, 0.1) is 0 Å². The Morgan fingerprint density at radius 3 is 2.47 bits per heavy atom. The van der Waals surface area contributed by atoms with Crippen molar-refractivity contribution in [1.82, 2.24) is 10.6 Å². The molecule has 0 spiro atoms. The third kappa shape index (κ3) is 9.38. The highest BCUT2D eigenvalue weighted by molar-refractivity contribution is 5.29. The van der Waals surface area contributed by atoms with Gasteiger partial charge >= 0.3 is 0 Å². The van der Waals surface area contributed by atoms with Gasteiger partial charge in [-0.3, -0.25) is 4.99 Å². The van der Waals surface area contributed by atoms with Crippen LogP contribution in [0.25, 0.3) is 0 Å². The summed E-state index contributed by atoms with van der Waals surface area (Å²) in [7, 11) is 0. The van der Waals surface area contributed by atoms with Gasteiger partial charge in [0.25, 0.3) is 0 Å². The Balaban J connectivity index is 3.64. The molecule has 86 valence electrons. The molecule has 3 nitrogen and oxygen atoms in total. The molecule has 0 unspecified atom stereocenters. The second-order valence-electron chi connectivity index (χ2n) is 3.51. The van der Waals surface area contributed by atoms with E-state index in [0.29, 0.717) is 0 Å². The quantitative estimate of drug-likeness (QED) is 0.363. The average Bonchev–Trinajstić information content (AvgIpc) is 2.25. The van der Waals surface area contributed by atoms with Gasteiger partial charge in [-0.05, 0) is 33.2 Å². The summed E-state index contributed by atoms with van der Waals surface area (Å²) in [4.78, 5) is 3.82. The Morgan fingerprint density at radius 2 is 1.87 bits per heavy atom. The van der Waals surface area contributed by atoms with Crippen molar-refractivity contribution in [2.75, 3.05) is 26.2 Å². The number of hydrogen-bond acceptors (Lipinski definition) is 3. The lowest BCUT2D eigenvalue weighted by molar-refractivity contribution is 0.646. The van der Waals surface area contributed by atoms with Crippen LogP contribution in [0.4, 0.5) is 0 Å². The molecule has 0 aromatic rings. The van der Waals surface area contributed by atoms with Crippen molar-refractivity contribution in [3.05, 3.63) is 23.4 Å². The highest BCUT2D eigenvalue weighted by Crippen LogP contribution is 1.96. The van der Waals surface area contributed by atoms with Gasteiger partial charge < -0.3 is 10.6 Å². The molecule has 0 atom stereocenters. The van der Waals surface area contributed by atoms with Crippen LogP contribution in [0.2, 0.25) is 0 Å². The van der Waals surface area contributed by atoms with Gasteiger partial charge in [-0.25, -0.2) is 0 Å². The maximum absolute atomic E-state index is 3.82. The number of likely N-dealkylation sites (N-methyl/N-ethyl adjacent to an activating group) is 1. The molecule has 0 aromatic heterocycles. The highest BCUT2D eigenvalue weighted by atomic mass is 14.9. The van der Waals surface area contributed by atoms with Crippen LogP contribution in [0.3, 0.4) is 0 Å². The van der Waals surface area contributed by atoms with E-state index in [2.05, 4.69) is 42.3 Å².